The normalized spacial score (nSPS) is 25.8. The summed E-state index contributed by atoms with van der Waals surface area (Å²) in [6.45, 7) is 4.57. The number of unbranched alkanes of at least 4 members (excludes halogenated alkanes) is 1. The minimum absolute atomic E-state index is 0.0971. The zero-order chi connectivity index (χ0) is 18.0. The zero-order valence-corrected chi connectivity index (χ0v) is 14.9. The Bertz CT molecular complexity index is 667. The van der Waals surface area contributed by atoms with Crippen LogP contribution in [0.3, 0.4) is 0 Å². The number of benzene rings is 1. The van der Waals surface area contributed by atoms with Gasteiger partial charge in [0.2, 0.25) is 11.8 Å². The van der Waals surface area contributed by atoms with Gasteiger partial charge < -0.3 is 4.74 Å². The molecule has 1 aromatic rings. The second-order valence-electron chi connectivity index (χ2n) is 7.18. The Kier molecular flexibility index (Phi) is 5.21. The lowest BCUT2D eigenvalue weighted by Crippen LogP contribution is -2.30. The van der Waals surface area contributed by atoms with Gasteiger partial charge in [-0.25, -0.2) is 4.79 Å². The lowest BCUT2D eigenvalue weighted by atomic mass is 9.76. The highest BCUT2D eigenvalue weighted by molar-refractivity contribution is 6.22. The molecule has 0 spiro atoms. The summed E-state index contributed by atoms with van der Waals surface area (Å²) in [6.07, 6.45) is 4.37. The van der Waals surface area contributed by atoms with Crippen LogP contribution < -0.4 is 4.90 Å². The number of ether oxygens (including phenoxy) is 1. The van der Waals surface area contributed by atoms with Crippen molar-refractivity contribution < 1.29 is 19.1 Å². The van der Waals surface area contributed by atoms with Gasteiger partial charge in [-0.2, -0.15) is 0 Å². The van der Waals surface area contributed by atoms with E-state index in [1.165, 1.54) is 4.90 Å². The summed E-state index contributed by atoms with van der Waals surface area (Å²) in [6, 6.07) is 6.56. The van der Waals surface area contributed by atoms with Crippen LogP contribution in [0.25, 0.3) is 0 Å². The fourth-order valence-corrected chi connectivity index (χ4v) is 3.78. The maximum atomic E-state index is 12.7. The summed E-state index contributed by atoms with van der Waals surface area (Å²) in [5, 5.41) is 0. The van der Waals surface area contributed by atoms with Crippen LogP contribution in [0.4, 0.5) is 5.69 Å². The van der Waals surface area contributed by atoms with Gasteiger partial charge in [0.1, 0.15) is 0 Å². The number of hydrogen-bond acceptors (Lipinski definition) is 4. The van der Waals surface area contributed by atoms with Gasteiger partial charge in [-0.3, -0.25) is 14.5 Å². The van der Waals surface area contributed by atoms with Crippen molar-refractivity contribution in [3.05, 3.63) is 29.8 Å². The molecule has 0 unspecified atom stereocenters. The first-order chi connectivity index (χ1) is 12.0. The first kappa shape index (κ1) is 17.6. The number of amides is 2. The molecule has 2 aliphatic rings. The highest BCUT2D eigenvalue weighted by atomic mass is 16.5. The number of hydrogen-bond donors (Lipinski definition) is 0. The monoisotopic (exact) mass is 343 g/mol. The van der Waals surface area contributed by atoms with E-state index in [1.54, 1.807) is 24.3 Å². The van der Waals surface area contributed by atoms with E-state index >= 15 is 0 Å². The Morgan fingerprint density at radius 3 is 2.48 bits per heavy atom. The first-order valence-corrected chi connectivity index (χ1v) is 9.18. The molecule has 0 aromatic heterocycles. The summed E-state index contributed by atoms with van der Waals surface area (Å²) in [5.74, 6) is -0.447. The number of anilines is 1. The van der Waals surface area contributed by atoms with E-state index in [4.69, 9.17) is 4.74 Å². The number of imide groups is 1. The van der Waals surface area contributed by atoms with Crippen molar-refractivity contribution in [2.75, 3.05) is 11.5 Å². The molecule has 0 bridgehead atoms. The summed E-state index contributed by atoms with van der Waals surface area (Å²) in [4.78, 5) is 38.6. The molecule has 1 saturated heterocycles. The lowest BCUT2D eigenvalue weighted by Gasteiger charge is -2.25. The minimum Gasteiger partial charge on any atom is -0.462 e. The van der Waals surface area contributed by atoms with Crippen molar-refractivity contribution in [1.82, 2.24) is 0 Å². The average Bonchev–Trinajstić information content (AvgIpc) is 2.85. The standard InChI is InChI=1S/C20H25NO4/c1-3-4-11-25-20(24)14-6-8-15(9-7-14)21-18(22)16-10-5-13(2)12-17(16)19(21)23/h6-9,13,16-17H,3-5,10-12H2,1-2H3/t13-,16-,17+/m1/s1. The molecule has 1 aliphatic carbocycles. The smallest absolute Gasteiger partial charge is 0.338 e. The number of rotatable bonds is 5. The van der Waals surface area contributed by atoms with E-state index in [0.717, 1.165) is 32.1 Å². The summed E-state index contributed by atoms with van der Waals surface area (Å²) < 4.78 is 5.18. The van der Waals surface area contributed by atoms with Crippen molar-refractivity contribution in [3.63, 3.8) is 0 Å². The number of nitrogens with zero attached hydrogens (tertiary/aromatic N) is 1. The number of carbonyl (C=O) groups excluding carboxylic acids is 3. The Morgan fingerprint density at radius 2 is 1.80 bits per heavy atom. The molecule has 0 radical (unpaired) electrons. The molecular formula is C20H25NO4. The van der Waals surface area contributed by atoms with Gasteiger partial charge in [-0.05, 0) is 55.9 Å². The SMILES string of the molecule is CCCCOC(=O)c1ccc(N2C(=O)[C@H]3C[C@H](C)CC[C@H]3C2=O)cc1. The number of carbonyl (C=O) groups is 3. The van der Waals surface area contributed by atoms with Gasteiger partial charge in [-0.1, -0.05) is 20.3 Å². The highest BCUT2D eigenvalue weighted by Gasteiger charge is 2.49. The van der Waals surface area contributed by atoms with Crippen molar-refractivity contribution >= 4 is 23.5 Å². The summed E-state index contributed by atoms with van der Waals surface area (Å²) in [5.41, 5.74) is 0.979. The largest absolute Gasteiger partial charge is 0.462 e. The molecule has 2 fully saturated rings. The Balaban J connectivity index is 1.73. The van der Waals surface area contributed by atoms with Crippen LogP contribution in [-0.4, -0.2) is 24.4 Å². The van der Waals surface area contributed by atoms with Crippen LogP contribution in [0.1, 0.15) is 56.3 Å². The average molecular weight is 343 g/mol. The van der Waals surface area contributed by atoms with Crippen molar-refractivity contribution in [3.8, 4) is 0 Å². The van der Waals surface area contributed by atoms with Crippen molar-refractivity contribution in [2.24, 2.45) is 17.8 Å². The van der Waals surface area contributed by atoms with E-state index in [1.807, 2.05) is 6.92 Å². The molecule has 1 aromatic carbocycles. The zero-order valence-electron chi connectivity index (χ0n) is 14.9. The lowest BCUT2D eigenvalue weighted by molar-refractivity contribution is -0.122. The Hall–Kier alpha value is -2.17. The van der Waals surface area contributed by atoms with E-state index in [-0.39, 0.29) is 29.6 Å². The van der Waals surface area contributed by atoms with Crippen LogP contribution >= 0.6 is 0 Å². The van der Waals surface area contributed by atoms with Crippen LogP contribution in [0.5, 0.6) is 0 Å². The van der Waals surface area contributed by atoms with Crippen molar-refractivity contribution in [1.29, 1.82) is 0 Å². The molecular weight excluding hydrogens is 318 g/mol. The molecule has 1 saturated carbocycles. The molecule has 3 atom stereocenters. The fourth-order valence-electron chi connectivity index (χ4n) is 3.78. The fraction of sp³-hybridized carbons (Fsp3) is 0.550. The third kappa shape index (κ3) is 3.46. The molecule has 0 N–H and O–H groups in total. The molecule has 134 valence electrons. The number of fused-ring (bicyclic) bond motifs is 1. The van der Waals surface area contributed by atoms with Gasteiger partial charge in [0.05, 0.1) is 29.7 Å². The van der Waals surface area contributed by atoms with Gasteiger partial charge in [0, 0.05) is 0 Å². The van der Waals surface area contributed by atoms with E-state index in [0.29, 0.717) is 23.8 Å². The molecule has 1 aliphatic heterocycles. The van der Waals surface area contributed by atoms with Crippen molar-refractivity contribution in [2.45, 2.75) is 46.0 Å². The second-order valence-corrected chi connectivity index (χ2v) is 7.18. The Labute approximate surface area is 148 Å². The Morgan fingerprint density at radius 1 is 1.12 bits per heavy atom. The third-order valence-electron chi connectivity index (χ3n) is 5.28. The third-order valence-corrected chi connectivity index (χ3v) is 5.28. The van der Waals surface area contributed by atoms with Crippen LogP contribution in [0.2, 0.25) is 0 Å². The van der Waals surface area contributed by atoms with Gasteiger partial charge >= 0.3 is 5.97 Å². The van der Waals surface area contributed by atoms with E-state index in [2.05, 4.69) is 6.92 Å². The molecule has 2 amide bonds. The first-order valence-electron chi connectivity index (χ1n) is 9.18. The molecule has 3 rings (SSSR count). The molecule has 25 heavy (non-hydrogen) atoms. The van der Waals surface area contributed by atoms with Crippen LogP contribution in [0.15, 0.2) is 24.3 Å². The van der Waals surface area contributed by atoms with Gasteiger partial charge in [0.15, 0.2) is 0 Å². The predicted molar refractivity (Wildman–Crippen MR) is 94.1 cm³/mol. The maximum absolute atomic E-state index is 12.7. The van der Waals surface area contributed by atoms with Crippen LogP contribution in [-0.2, 0) is 14.3 Å². The van der Waals surface area contributed by atoms with E-state index < -0.39 is 0 Å². The summed E-state index contributed by atoms with van der Waals surface area (Å²) >= 11 is 0. The molecule has 5 nitrogen and oxygen atoms in total. The molecule has 1 heterocycles. The summed E-state index contributed by atoms with van der Waals surface area (Å²) in [7, 11) is 0. The van der Waals surface area contributed by atoms with Gasteiger partial charge in [-0.15, -0.1) is 0 Å². The quantitative estimate of drug-likeness (QED) is 0.466. The minimum atomic E-state index is -0.374. The predicted octanol–water partition coefficient (Wildman–Crippen LogP) is 3.57. The highest BCUT2D eigenvalue weighted by Crippen LogP contribution is 2.42. The van der Waals surface area contributed by atoms with Crippen LogP contribution in [0, 0.1) is 17.8 Å². The maximum Gasteiger partial charge on any atom is 0.338 e. The van der Waals surface area contributed by atoms with Gasteiger partial charge in [0.25, 0.3) is 0 Å². The topological polar surface area (TPSA) is 63.7 Å². The van der Waals surface area contributed by atoms with E-state index in [9.17, 15) is 14.4 Å². The molecule has 5 heteroatoms. The second kappa shape index (κ2) is 7.38. The number of esters is 1.